The maximum absolute atomic E-state index is 13.5. The summed E-state index contributed by atoms with van der Waals surface area (Å²) in [5.74, 6) is -0.787. The Morgan fingerprint density at radius 3 is 2.58 bits per heavy atom. The van der Waals surface area contributed by atoms with Crippen molar-refractivity contribution in [1.29, 1.82) is 0 Å². The van der Waals surface area contributed by atoms with E-state index in [0.717, 1.165) is 21.9 Å². The molecule has 2 N–H and O–H groups in total. The van der Waals surface area contributed by atoms with Gasteiger partial charge in [-0.15, -0.1) is 11.8 Å². The number of amides is 2. The fraction of sp³-hybridized carbons (Fsp3) is 0.556. The van der Waals surface area contributed by atoms with Gasteiger partial charge in [-0.2, -0.15) is 0 Å². The Morgan fingerprint density at radius 1 is 1.16 bits per heavy atom. The van der Waals surface area contributed by atoms with Crippen molar-refractivity contribution in [2.24, 2.45) is 35.5 Å². The van der Waals surface area contributed by atoms with Gasteiger partial charge < -0.3 is 19.6 Å². The van der Waals surface area contributed by atoms with Crippen molar-refractivity contribution in [2.45, 2.75) is 42.9 Å². The van der Waals surface area contributed by atoms with Crippen LogP contribution in [0, 0.1) is 35.5 Å². The SMILES string of the molecule is COc1cc([C@H]2c3sc(=O)[nH]c3SC3C4CC(C5C(=O)N(CCC(=O)O)C(=O)C45)C32)ccc1OCC(C)C. The average molecular weight is 559 g/mol. The zero-order valence-electron chi connectivity index (χ0n) is 21.3. The van der Waals surface area contributed by atoms with E-state index in [-0.39, 0.29) is 58.6 Å². The number of nitrogens with one attached hydrogen (secondary N) is 1. The molecule has 7 atom stereocenters. The molecule has 6 unspecified atom stereocenters. The first-order valence-electron chi connectivity index (χ1n) is 13.0. The summed E-state index contributed by atoms with van der Waals surface area (Å²) in [5.41, 5.74) is 0.995. The minimum atomic E-state index is -1.03. The molecule has 2 aromatic rings. The second-order valence-corrected chi connectivity index (χ2v) is 13.3. The summed E-state index contributed by atoms with van der Waals surface area (Å²) in [7, 11) is 1.61. The van der Waals surface area contributed by atoms with E-state index in [1.807, 2.05) is 18.2 Å². The molecule has 1 aromatic heterocycles. The summed E-state index contributed by atoms with van der Waals surface area (Å²) in [4.78, 5) is 55.4. The third-order valence-electron chi connectivity index (χ3n) is 8.48. The largest absolute Gasteiger partial charge is 0.493 e. The molecule has 11 heteroatoms. The highest BCUT2D eigenvalue weighted by molar-refractivity contribution is 8.00. The summed E-state index contributed by atoms with van der Waals surface area (Å²) in [5, 5.41) is 10.0. The number of ether oxygens (including phenoxy) is 2. The molecule has 3 heterocycles. The Hall–Kier alpha value is -2.79. The molecule has 2 saturated carbocycles. The van der Waals surface area contributed by atoms with E-state index in [9.17, 15) is 19.2 Å². The number of carbonyl (C=O) groups excluding carboxylic acids is 2. The number of fused-ring (bicyclic) bond motifs is 9. The van der Waals surface area contributed by atoms with Crippen LogP contribution in [0.4, 0.5) is 0 Å². The predicted molar refractivity (Wildman–Crippen MR) is 141 cm³/mol. The number of aliphatic carboxylic acids is 1. The lowest BCUT2D eigenvalue weighted by Gasteiger charge is -2.43. The third-order valence-corrected chi connectivity index (χ3v) is 11.1. The number of aromatic nitrogens is 1. The lowest BCUT2D eigenvalue weighted by molar-refractivity contribution is -0.142. The molecule has 2 amide bonds. The standard InChI is InChI=1S/C27H30N2O7S2/c1-11(2)10-36-15-5-4-12(8-16(15)35-3)18-19-13-9-14(22(19)37-24-23(18)38-27(34)28-24)21-20(13)25(32)29(26(21)33)7-6-17(30)31/h4-5,8,11,13-14,18-22H,6-7,9-10H2,1-3H3,(H,28,34)(H,30,31)/t13?,14?,18-,19?,20?,21?,22?/m1/s1. The van der Waals surface area contributed by atoms with Crippen molar-refractivity contribution in [3.8, 4) is 11.5 Å². The number of methoxy groups -OCH3 is 1. The van der Waals surface area contributed by atoms with Gasteiger partial charge in [0.1, 0.15) is 0 Å². The number of thioether (sulfide) groups is 1. The molecule has 9 nitrogen and oxygen atoms in total. The molecule has 0 radical (unpaired) electrons. The fourth-order valence-electron chi connectivity index (χ4n) is 7.13. The Balaban J connectivity index is 1.38. The van der Waals surface area contributed by atoms with Crippen molar-refractivity contribution in [2.75, 3.05) is 20.3 Å². The highest BCUT2D eigenvalue weighted by Crippen LogP contribution is 2.68. The lowest BCUT2D eigenvalue weighted by Crippen LogP contribution is -2.42. The molecule has 6 rings (SSSR count). The smallest absolute Gasteiger partial charge is 0.305 e. The van der Waals surface area contributed by atoms with E-state index < -0.39 is 17.8 Å². The van der Waals surface area contributed by atoms with Crippen molar-refractivity contribution >= 4 is 40.9 Å². The molecule has 2 bridgehead atoms. The van der Waals surface area contributed by atoms with Crippen molar-refractivity contribution in [1.82, 2.24) is 9.88 Å². The van der Waals surface area contributed by atoms with Gasteiger partial charge in [0.2, 0.25) is 11.8 Å². The molecule has 0 spiro atoms. The van der Waals surface area contributed by atoms with E-state index in [1.165, 1.54) is 16.2 Å². The van der Waals surface area contributed by atoms with Gasteiger partial charge in [0.15, 0.2) is 11.5 Å². The number of likely N-dealkylation sites (tertiary alicyclic amines) is 1. The molecule has 2 aliphatic heterocycles. The van der Waals surface area contributed by atoms with Crippen LogP contribution >= 0.6 is 23.1 Å². The van der Waals surface area contributed by atoms with E-state index in [4.69, 9.17) is 14.6 Å². The van der Waals surface area contributed by atoms with Gasteiger partial charge in [-0.3, -0.25) is 24.1 Å². The quantitative estimate of drug-likeness (QED) is 0.472. The van der Waals surface area contributed by atoms with Crippen LogP contribution in [0.2, 0.25) is 0 Å². The van der Waals surface area contributed by atoms with E-state index in [1.54, 1.807) is 18.9 Å². The topological polar surface area (TPSA) is 126 Å². The van der Waals surface area contributed by atoms with Gasteiger partial charge in [-0.25, -0.2) is 0 Å². The number of hydrogen-bond acceptors (Lipinski definition) is 8. The fourth-order valence-corrected chi connectivity index (χ4v) is 10.0. The van der Waals surface area contributed by atoms with Crippen LogP contribution in [0.3, 0.4) is 0 Å². The van der Waals surface area contributed by atoms with Crippen LogP contribution in [0.5, 0.6) is 11.5 Å². The normalized spacial score (nSPS) is 30.9. The van der Waals surface area contributed by atoms with Crippen LogP contribution in [-0.4, -0.2) is 58.3 Å². The molecule has 4 aliphatic rings. The minimum absolute atomic E-state index is 0.000809. The van der Waals surface area contributed by atoms with Crippen molar-refractivity contribution in [3.05, 3.63) is 38.3 Å². The van der Waals surface area contributed by atoms with Crippen molar-refractivity contribution in [3.63, 3.8) is 0 Å². The predicted octanol–water partition coefficient (Wildman–Crippen LogP) is 3.43. The van der Waals surface area contributed by atoms with Crippen molar-refractivity contribution < 1.29 is 29.0 Å². The van der Waals surface area contributed by atoms with Gasteiger partial charge >= 0.3 is 10.8 Å². The molecule has 202 valence electrons. The summed E-state index contributed by atoms with van der Waals surface area (Å²) in [6.07, 6.45) is 0.532. The molecule has 1 saturated heterocycles. The number of carboxylic acid groups (broad SMARTS) is 1. The third kappa shape index (κ3) is 3.88. The number of nitrogens with zero attached hydrogens (tertiary/aromatic N) is 1. The van der Waals surface area contributed by atoms with Gasteiger partial charge in [0.25, 0.3) is 0 Å². The number of hydrogen-bond donors (Lipinski definition) is 2. The number of aromatic amines is 1. The molecule has 38 heavy (non-hydrogen) atoms. The van der Waals surface area contributed by atoms with Gasteiger partial charge in [-0.1, -0.05) is 31.3 Å². The monoisotopic (exact) mass is 558 g/mol. The maximum Gasteiger partial charge on any atom is 0.305 e. The highest BCUT2D eigenvalue weighted by Gasteiger charge is 2.69. The Labute approximate surface area is 227 Å². The zero-order valence-corrected chi connectivity index (χ0v) is 23.0. The Kier molecular flexibility index (Phi) is 6.33. The van der Waals surface area contributed by atoms with Crippen LogP contribution in [0.25, 0.3) is 0 Å². The summed E-state index contributed by atoms with van der Waals surface area (Å²) >= 11 is 2.84. The van der Waals surface area contributed by atoms with E-state index >= 15 is 0 Å². The number of rotatable bonds is 8. The summed E-state index contributed by atoms with van der Waals surface area (Å²) < 4.78 is 11.7. The second-order valence-electron chi connectivity index (χ2n) is 11.0. The lowest BCUT2D eigenvalue weighted by atomic mass is 9.68. The van der Waals surface area contributed by atoms with Gasteiger partial charge in [0, 0.05) is 22.6 Å². The van der Waals surface area contributed by atoms with Crippen LogP contribution in [0.1, 0.15) is 43.0 Å². The Morgan fingerprint density at radius 2 is 1.89 bits per heavy atom. The highest BCUT2D eigenvalue weighted by atomic mass is 32.2. The first-order chi connectivity index (χ1) is 18.2. The number of imide groups is 1. The number of carboxylic acids is 1. The maximum atomic E-state index is 13.5. The molecule has 3 fully saturated rings. The first-order valence-corrected chi connectivity index (χ1v) is 14.7. The van der Waals surface area contributed by atoms with Gasteiger partial charge in [0.05, 0.1) is 37.0 Å². The molecule has 2 aliphatic carbocycles. The molecular formula is C27H30N2O7S2. The van der Waals surface area contributed by atoms with Crippen LogP contribution < -0.4 is 14.3 Å². The number of thiazole rings is 1. The number of carbonyl (C=O) groups is 3. The van der Waals surface area contributed by atoms with Crippen LogP contribution in [0.15, 0.2) is 28.0 Å². The van der Waals surface area contributed by atoms with E-state index in [0.29, 0.717) is 24.0 Å². The molecule has 1 aromatic carbocycles. The summed E-state index contributed by atoms with van der Waals surface area (Å²) in [6, 6.07) is 5.91. The number of benzene rings is 1. The second kappa shape index (κ2) is 9.44. The average Bonchev–Trinajstić information content (AvgIpc) is 3.60. The van der Waals surface area contributed by atoms with Crippen LogP contribution in [-0.2, 0) is 14.4 Å². The Bertz CT molecular complexity index is 1370. The number of H-pyrrole nitrogens is 1. The summed E-state index contributed by atoms with van der Waals surface area (Å²) in [6.45, 7) is 4.64. The zero-order chi connectivity index (χ0) is 26.9. The first kappa shape index (κ1) is 25.5. The minimum Gasteiger partial charge on any atom is -0.493 e. The van der Waals surface area contributed by atoms with Gasteiger partial charge in [-0.05, 0) is 47.8 Å². The molecular weight excluding hydrogens is 528 g/mol. The van der Waals surface area contributed by atoms with E-state index in [2.05, 4.69) is 18.8 Å².